The third kappa shape index (κ3) is 8.28. The zero-order valence-corrected chi connectivity index (χ0v) is 15.8. The number of hydrogen-bond donors (Lipinski definition) is 1. The molecule has 0 bridgehead atoms. The Morgan fingerprint density at radius 2 is 2.00 bits per heavy atom. The molecule has 0 saturated heterocycles. The van der Waals surface area contributed by atoms with E-state index in [1.807, 2.05) is 52.0 Å². The van der Waals surface area contributed by atoms with Crippen LogP contribution in [-0.4, -0.2) is 41.1 Å². The molecular weight excluding hydrogens is 332 g/mol. The highest BCUT2D eigenvalue weighted by Crippen LogP contribution is 2.17. The molecule has 0 aliphatic carbocycles. The Kier molecular flexibility index (Phi) is 7.92. The van der Waals surface area contributed by atoms with Crippen molar-refractivity contribution in [2.75, 3.05) is 18.8 Å². The van der Waals surface area contributed by atoms with Gasteiger partial charge >= 0.3 is 0 Å². The molecule has 0 atom stereocenters. The Labute approximate surface area is 148 Å². The highest BCUT2D eigenvalue weighted by molar-refractivity contribution is 7.99. The summed E-state index contributed by atoms with van der Waals surface area (Å²) >= 11 is 7.47. The lowest BCUT2D eigenvalue weighted by Crippen LogP contribution is -2.47. The number of amides is 2. The van der Waals surface area contributed by atoms with Crippen LogP contribution in [0.25, 0.3) is 0 Å². The molecule has 1 aromatic carbocycles. The number of benzene rings is 1. The fraction of sp³-hybridized carbons (Fsp3) is 0.529. The van der Waals surface area contributed by atoms with Crippen LogP contribution in [0.3, 0.4) is 0 Å². The molecule has 0 saturated carbocycles. The van der Waals surface area contributed by atoms with E-state index in [1.165, 1.54) is 11.8 Å². The number of thioether (sulfide) groups is 1. The van der Waals surface area contributed by atoms with Gasteiger partial charge in [0.05, 0.1) is 12.3 Å². The molecule has 128 valence electrons. The maximum absolute atomic E-state index is 12.2. The predicted molar refractivity (Wildman–Crippen MR) is 97.8 cm³/mol. The third-order valence-electron chi connectivity index (χ3n) is 2.97. The van der Waals surface area contributed by atoms with E-state index in [0.717, 1.165) is 11.3 Å². The number of hydrogen-bond acceptors (Lipinski definition) is 3. The molecule has 0 aliphatic heterocycles. The Hall–Kier alpha value is -1.20. The number of nitrogens with zero attached hydrogens (tertiary/aromatic N) is 1. The fourth-order valence-corrected chi connectivity index (χ4v) is 3.07. The monoisotopic (exact) mass is 356 g/mol. The second-order valence-electron chi connectivity index (χ2n) is 6.33. The molecule has 0 spiro atoms. The summed E-state index contributed by atoms with van der Waals surface area (Å²) in [7, 11) is 0. The molecule has 1 rings (SSSR count). The van der Waals surface area contributed by atoms with Crippen LogP contribution in [0.1, 0.15) is 33.3 Å². The Bertz CT molecular complexity index is 544. The maximum atomic E-state index is 12.2. The molecule has 6 heteroatoms. The van der Waals surface area contributed by atoms with Crippen LogP contribution < -0.4 is 5.32 Å². The van der Waals surface area contributed by atoms with Crippen LogP contribution >= 0.6 is 23.4 Å². The average Bonchev–Trinajstić information content (AvgIpc) is 2.42. The van der Waals surface area contributed by atoms with Crippen LogP contribution in [-0.2, 0) is 15.3 Å². The van der Waals surface area contributed by atoms with Crippen molar-refractivity contribution in [2.24, 2.45) is 0 Å². The number of nitrogens with one attached hydrogen (secondary N) is 1. The van der Waals surface area contributed by atoms with Crippen molar-refractivity contribution in [1.29, 1.82) is 0 Å². The molecule has 0 heterocycles. The molecule has 1 N–H and O–H groups in total. The van der Waals surface area contributed by atoms with Gasteiger partial charge in [-0.3, -0.25) is 9.59 Å². The van der Waals surface area contributed by atoms with Crippen molar-refractivity contribution in [3.63, 3.8) is 0 Å². The normalized spacial score (nSPS) is 11.2. The summed E-state index contributed by atoms with van der Waals surface area (Å²) in [6.45, 7) is 8.26. The lowest BCUT2D eigenvalue weighted by Gasteiger charge is -2.25. The highest BCUT2D eigenvalue weighted by Gasteiger charge is 2.19. The van der Waals surface area contributed by atoms with Crippen molar-refractivity contribution in [2.45, 2.75) is 39.0 Å². The van der Waals surface area contributed by atoms with Gasteiger partial charge in [-0.15, -0.1) is 11.8 Å². The van der Waals surface area contributed by atoms with Crippen LogP contribution in [0.2, 0.25) is 5.02 Å². The summed E-state index contributed by atoms with van der Waals surface area (Å²) in [5, 5.41) is 3.57. The number of carbonyl (C=O) groups is 2. The molecule has 0 fully saturated rings. The van der Waals surface area contributed by atoms with Crippen LogP contribution in [0.5, 0.6) is 0 Å². The van der Waals surface area contributed by atoms with Crippen LogP contribution in [0, 0.1) is 0 Å². The van der Waals surface area contributed by atoms with E-state index < -0.39 is 0 Å². The summed E-state index contributed by atoms with van der Waals surface area (Å²) in [6, 6.07) is 7.61. The highest BCUT2D eigenvalue weighted by atomic mass is 35.5. The van der Waals surface area contributed by atoms with Gasteiger partial charge in [-0.25, -0.2) is 0 Å². The van der Waals surface area contributed by atoms with E-state index in [9.17, 15) is 9.59 Å². The minimum Gasteiger partial charge on any atom is -0.350 e. The van der Waals surface area contributed by atoms with Crippen molar-refractivity contribution >= 4 is 35.2 Å². The van der Waals surface area contributed by atoms with Gasteiger partial charge < -0.3 is 10.2 Å². The standard InChI is InChI=1S/C17H25ClN2O2S/c1-5-20(10-15(21)19-17(2,3)4)16(22)12-23-11-13-7-6-8-14(18)9-13/h6-9H,5,10-12H2,1-4H3,(H,19,21). The minimum absolute atomic E-state index is 0.0245. The summed E-state index contributed by atoms with van der Waals surface area (Å²) in [5.41, 5.74) is 0.796. The van der Waals surface area contributed by atoms with E-state index in [4.69, 9.17) is 11.6 Å². The molecule has 0 aromatic heterocycles. The lowest BCUT2D eigenvalue weighted by molar-refractivity contribution is -0.134. The largest absolute Gasteiger partial charge is 0.350 e. The SMILES string of the molecule is CCN(CC(=O)NC(C)(C)C)C(=O)CSCc1cccc(Cl)c1. The van der Waals surface area contributed by atoms with E-state index in [1.54, 1.807) is 4.90 Å². The van der Waals surface area contributed by atoms with E-state index >= 15 is 0 Å². The Morgan fingerprint density at radius 1 is 1.30 bits per heavy atom. The second-order valence-corrected chi connectivity index (χ2v) is 7.75. The van der Waals surface area contributed by atoms with E-state index in [2.05, 4.69) is 5.32 Å². The van der Waals surface area contributed by atoms with E-state index in [-0.39, 0.29) is 23.9 Å². The number of halogens is 1. The predicted octanol–water partition coefficient (Wildman–Crippen LogP) is 3.34. The molecule has 0 radical (unpaired) electrons. The number of carbonyl (C=O) groups excluding carboxylic acids is 2. The molecular formula is C17H25ClN2O2S. The zero-order chi connectivity index (χ0) is 17.5. The van der Waals surface area contributed by atoms with Crippen LogP contribution in [0.4, 0.5) is 0 Å². The van der Waals surface area contributed by atoms with Gasteiger partial charge in [0.15, 0.2) is 0 Å². The summed E-state index contributed by atoms with van der Waals surface area (Å²) < 4.78 is 0. The Morgan fingerprint density at radius 3 is 2.57 bits per heavy atom. The van der Waals surface area contributed by atoms with Gasteiger partial charge in [0.1, 0.15) is 0 Å². The first-order valence-electron chi connectivity index (χ1n) is 7.62. The van der Waals surface area contributed by atoms with Crippen molar-refractivity contribution in [3.05, 3.63) is 34.9 Å². The van der Waals surface area contributed by atoms with Crippen molar-refractivity contribution < 1.29 is 9.59 Å². The van der Waals surface area contributed by atoms with Crippen LogP contribution in [0.15, 0.2) is 24.3 Å². The number of likely N-dealkylation sites (N-methyl/N-ethyl adjacent to an activating group) is 1. The first kappa shape index (κ1) is 19.8. The van der Waals surface area contributed by atoms with Gasteiger partial charge in [-0.05, 0) is 45.4 Å². The van der Waals surface area contributed by atoms with Gasteiger partial charge in [0.25, 0.3) is 0 Å². The maximum Gasteiger partial charge on any atom is 0.240 e. The fourth-order valence-electron chi connectivity index (χ4n) is 1.98. The second kappa shape index (κ2) is 9.18. The Balaban J connectivity index is 2.43. The summed E-state index contributed by atoms with van der Waals surface area (Å²) in [6.07, 6.45) is 0. The van der Waals surface area contributed by atoms with Crippen molar-refractivity contribution in [1.82, 2.24) is 10.2 Å². The van der Waals surface area contributed by atoms with E-state index in [0.29, 0.717) is 17.3 Å². The van der Waals surface area contributed by atoms with Gasteiger partial charge in [-0.1, -0.05) is 23.7 Å². The molecule has 23 heavy (non-hydrogen) atoms. The molecule has 1 aromatic rings. The summed E-state index contributed by atoms with van der Waals surface area (Å²) in [5.74, 6) is 0.914. The first-order chi connectivity index (χ1) is 10.7. The lowest BCUT2D eigenvalue weighted by atomic mass is 10.1. The van der Waals surface area contributed by atoms with Gasteiger partial charge in [0.2, 0.25) is 11.8 Å². The smallest absolute Gasteiger partial charge is 0.240 e. The topological polar surface area (TPSA) is 49.4 Å². The number of rotatable bonds is 7. The molecule has 0 unspecified atom stereocenters. The summed E-state index contributed by atoms with van der Waals surface area (Å²) in [4.78, 5) is 25.7. The molecule has 4 nitrogen and oxygen atoms in total. The average molecular weight is 357 g/mol. The molecule has 0 aliphatic rings. The molecule has 2 amide bonds. The first-order valence-corrected chi connectivity index (χ1v) is 9.15. The quantitative estimate of drug-likeness (QED) is 0.815. The third-order valence-corrected chi connectivity index (χ3v) is 4.19. The van der Waals surface area contributed by atoms with Gasteiger partial charge in [0, 0.05) is 22.9 Å². The minimum atomic E-state index is -0.291. The zero-order valence-electron chi connectivity index (χ0n) is 14.2. The van der Waals surface area contributed by atoms with Crippen molar-refractivity contribution in [3.8, 4) is 0 Å². The van der Waals surface area contributed by atoms with Gasteiger partial charge in [-0.2, -0.15) is 0 Å².